The van der Waals surface area contributed by atoms with Gasteiger partial charge in [-0.2, -0.15) is 0 Å². The van der Waals surface area contributed by atoms with Gasteiger partial charge in [0.2, 0.25) is 0 Å². The molecule has 1 aliphatic carbocycles. The number of hydrogen-bond donors (Lipinski definition) is 1. The van der Waals surface area contributed by atoms with Gasteiger partial charge in [0, 0.05) is 6.20 Å². The zero-order valence-electron chi connectivity index (χ0n) is 9.75. The molecule has 2 nitrogen and oxygen atoms in total. The van der Waals surface area contributed by atoms with Crippen LogP contribution in [0.4, 0.5) is 4.39 Å². The van der Waals surface area contributed by atoms with Crippen molar-refractivity contribution in [1.29, 1.82) is 0 Å². The van der Waals surface area contributed by atoms with E-state index in [9.17, 15) is 4.39 Å². The maximum absolute atomic E-state index is 13.9. The van der Waals surface area contributed by atoms with E-state index < -0.39 is 0 Å². The molecule has 0 atom stereocenters. The molecule has 1 heterocycles. The highest BCUT2D eigenvalue weighted by atomic mass is 19.1. The fraction of sp³-hybridized carbons (Fsp3) is 0.615. The minimum Gasteiger partial charge on any atom is -0.330 e. The lowest BCUT2D eigenvalue weighted by Gasteiger charge is -2.28. The van der Waals surface area contributed by atoms with Crippen LogP contribution in [0.5, 0.6) is 0 Å². The molecule has 1 aromatic heterocycles. The largest absolute Gasteiger partial charge is 0.330 e. The van der Waals surface area contributed by atoms with Crippen LogP contribution >= 0.6 is 0 Å². The lowest BCUT2D eigenvalue weighted by atomic mass is 9.78. The van der Waals surface area contributed by atoms with Crippen LogP contribution in [0, 0.1) is 18.7 Å². The Morgan fingerprint density at radius 3 is 2.69 bits per heavy atom. The third kappa shape index (κ3) is 2.24. The number of nitrogens with two attached hydrogens (primary N) is 1. The number of nitrogens with zero attached hydrogens (tertiary/aromatic N) is 1. The Hall–Kier alpha value is -0.960. The second kappa shape index (κ2) is 4.91. The Morgan fingerprint density at radius 2 is 2.06 bits per heavy atom. The summed E-state index contributed by atoms with van der Waals surface area (Å²) in [6.45, 7) is 2.49. The van der Waals surface area contributed by atoms with Crippen molar-refractivity contribution in [3.8, 4) is 0 Å². The first kappa shape index (κ1) is 11.5. The summed E-state index contributed by atoms with van der Waals surface area (Å²) < 4.78 is 13.9. The Labute approximate surface area is 96.1 Å². The molecule has 0 amide bonds. The van der Waals surface area contributed by atoms with Gasteiger partial charge in [-0.3, -0.25) is 4.98 Å². The monoisotopic (exact) mass is 222 g/mol. The molecule has 0 radical (unpaired) electrons. The van der Waals surface area contributed by atoms with Crippen molar-refractivity contribution >= 4 is 0 Å². The summed E-state index contributed by atoms with van der Waals surface area (Å²) in [7, 11) is 0. The Morgan fingerprint density at radius 1 is 1.38 bits per heavy atom. The van der Waals surface area contributed by atoms with Gasteiger partial charge in [0.05, 0.1) is 5.69 Å². The molecule has 3 heteroatoms. The first-order chi connectivity index (χ1) is 7.72. The number of rotatable bonds is 2. The van der Waals surface area contributed by atoms with Gasteiger partial charge in [0.15, 0.2) is 0 Å². The summed E-state index contributed by atoms with van der Waals surface area (Å²) in [5.41, 5.74) is 7.02. The number of hydrogen-bond acceptors (Lipinski definition) is 2. The van der Waals surface area contributed by atoms with E-state index in [1.807, 2.05) is 6.07 Å². The van der Waals surface area contributed by atoms with E-state index in [1.54, 1.807) is 13.1 Å². The van der Waals surface area contributed by atoms with Crippen molar-refractivity contribution in [2.75, 3.05) is 6.54 Å². The molecule has 0 aromatic carbocycles. The maximum Gasteiger partial charge on any atom is 0.147 e. The third-order valence-electron chi connectivity index (χ3n) is 3.71. The first-order valence-electron chi connectivity index (χ1n) is 6.03. The molecule has 0 aliphatic heterocycles. The Kier molecular flexibility index (Phi) is 3.54. The van der Waals surface area contributed by atoms with E-state index in [-0.39, 0.29) is 5.82 Å². The first-order valence-corrected chi connectivity index (χ1v) is 6.03. The van der Waals surface area contributed by atoms with E-state index in [0.29, 0.717) is 17.5 Å². The van der Waals surface area contributed by atoms with Crippen molar-refractivity contribution in [2.45, 2.75) is 38.5 Å². The lowest BCUT2D eigenvalue weighted by Crippen LogP contribution is -2.21. The SMILES string of the molecule is Cc1nccc(C2CCC(CN)CC2)c1F. The molecule has 0 saturated heterocycles. The van der Waals surface area contributed by atoms with Crippen LogP contribution < -0.4 is 5.73 Å². The van der Waals surface area contributed by atoms with E-state index >= 15 is 0 Å². The van der Waals surface area contributed by atoms with Crippen molar-refractivity contribution in [2.24, 2.45) is 11.7 Å². The normalized spacial score (nSPS) is 25.7. The van der Waals surface area contributed by atoms with Gasteiger partial charge in [-0.1, -0.05) is 0 Å². The zero-order valence-corrected chi connectivity index (χ0v) is 9.75. The van der Waals surface area contributed by atoms with E-state index in [2.05, 4.69) is 4.98 Å². The average Bonchev–Trinajstić information content (AvgIpc) is 2.33. The standard InChI is InChI=1S/C13H19FN2/c1-9-13(14)12(6-7-16-9)11-4-2-10(8-15)3-5-11/h6-7,10-11H,2-5,8,15H2,1H3. The second-order valence-electron chi connectivity index (χ2n) is 4.75. The summed E-state index contributed by atoms with van der Waals surface area (Å²) in [4.78, 5) is 3.97. The smallest absolute Gasteiger partial charge is 0.147 e. The molecule has 1 fully saturated rings. The highest BCUT2D eigenvalue weighted by molar-refractivity contribution is 5.23. The highest BCUT2D eigenvalue weighted by Crippen LogP contribution is 2.36. The maximum atomic E-state index is 13.9. The number of pyridine rings is 1. The molecule has 0 unspecified atom stereocenters. The molecule has 88 valence electrons. The van der Waals surface area contributed by atoms with E-state index in [1.165, 1.54) is 0 Å². The molecule has 0 bridgehead atoms. The molecule has 1 aliphatic rings. The number of aromatic nitrogens is 1. The fourth-order valence-electron chi connectivity index (χ4n) is 2.59. The van der Waals surface area contributed by atoms with Gasteiger partial charge in [-0.05, 0) is 62.6 Å². The van der Waals surface area contributed by atoms with Gasteiger partial charge in [0.25, 0.3) is 0 Å². The van der Waals surface area contributed by atoms with Gasteiger partial charge in [-0.25, -0.2) is 4.39 Å². The minimum absolute atomic E-state index is 0.112. The molecular formula is C13H19FN2. The van der Waals surface area contributed by atoms with E-state index in [4.69, 9.17) is 5.73 Å². The van der Waals surface area contributed by atoms with Crippen molar-refractivity contribution in [3.63, 3.8) is 0 Å². The quantitative estimate of drug-likeness (QED) is 0.835. The van der Waals surface area contributed by atoms with Crippen LogP contribution in [-0.4, -0.2) is 11.5 Å². The van der Waals surface area contributed by atoms with Crippen LogP contribution in [0.15, 0.2) is 12.3 Å². The van der Waals surface area contributed by atoms with Crippen molar-refractivity contribution in [1.82, 2.24) is 4.98 Å². The molecule has 16 heavy (non-hydrogen) atoms. The lowest BCUT2D eigenvalue weighted by molar-refractivity contribution is 0.327. The highest BCUT2D eigenvalue weighted by Gasteiger charge is 2.24. The summed E-state index contributed by atoms with van der Waals surface area (Å²) in [6.07, 6.45) is 6.08. The Bertz CT molecular complexity index is 357. The van der Waals surface area contributed by atoms with Crippen LogP contribution in [0.1, 0.15) is 42.9 Å². The van der Waals surface area contributed by atoms with Gasteiger partial charge in [0.1, 0.15) is 5.82 Å². The summed E-state index contributed by atoms with van der Waals surface area (Å²) >= 11 is 0. The fourth-order valence-corrected chi connectivity index (χ4v) is 2.59. The predicted molar refractivity (Wildman–Crippen MR) is 62.7 cm³/mol. The topological polar surface area (TPSA) is 38.9 Å². The van der Waals surface area contributed by atoms with Crippen molar-refractivity contribution in [3.05, 3.63) is 29.3 Å². The molecule has 2 rings (SSSR count). The molecular weight excluding hydrogens is 203 g/mol. The van der Waals surface area contributed by atoms with Crippen LogP contribution in [0.25, 0.3) is 0 Å². The molecule has 1 saturated carbocycles. The molecule has 0 spiro atoms. The summed E-state index contributed by atoms with van der Waals surface area (Å²) in [5, 5.41) is 0. The van der Waals surface area contributed by atoms with E-state index in [0.717, 1.165) is 37.8 Å². The zero-order chi connectivity index (χ0) is 11.5. The van der Waals surface area contributed by atoms with Crippen LogP contribution in [0.3, 0.4) is 0 Å². The predicted octanol–water partition coefficient (Wildman–Crippen LogP) is 2.76. The second-order valence-corrected chi connectivity index (χ2v) is 4.75. The third-order valence-corrected chi connectivity index (χ3v) is 3.71. The van der Waals surface area contributed by atoms with Gasteiger partial charge >= 0.3 is 0 Å². The van der Waals surface area contributed by atoms with Crippen LogP contribution in [0.2, 0.25) is 0 Å². The number of aryl methyl sites for hydroxylation is 1. The molecule has 2 N–H and O–H groups in total. The molecule has 1 aromatic rings. The van der Waals surface area contributed by atoms with Crippen LogP contribution in [-0.2, 0) is 0 Å². The Balaban J connectivity index is 2.11. The number of halogens is 1. The van der Waals surface area contributed by atoms with Gasteiger partial charge in [-0.15, -0.1) is 0 Å². The van der Waals surface area contributed by atoms with Gasteiger partial charge < -0.3 is 5.73 Å². The minimum atomic E-state index is -0.112. The summed E-state index contributed by atoms with van der Waals surface area (Å²) in [6, 6.07) is 1.83. The summed E-state index contributed by atoms with van der Waals surface area (Å²) in [5.74, 6) is 0.894. The van der Waals surface area contributed by atoms with Crippen molar-refractivity contribution < 1.29 is 4.39 Å². The average molecular weight is 222 g/mol.